The molecule has 0 saturated heterocycles. The maximum Gasteiger partial charge on any atom is 0.269 e. The summed E-state index contributed by atoms with van der Waals surface area (Å²) >= 11 is 2.74. The first-order valence-corrected chi connectivity index (χ1v) is 8.98. The number of amides is 1. The molecule has 0 aliphatic heterocycles. The van der Waals surface area contributed by atoms with Crippen LogP contribution in [0.25, 0.3) is 21.1 Å². The summed E-state index contributed by atoms with van der Waals surface area (Å²) in [6.45, 7) is 3.98. The van der Waals surface area contributed by atoms with Gasteiger partial charge in [-0.15, -0.1) is 22.7 Å². The summed E-state index contributed by atoms with van der Waals surface area (Å²) < 4.78 is 0. The Labute approximate surface area is 146 Å². The molecule has 120 valence electrons. The zero-order chi connectivity index (χ0) is 16.8. The highest BCUT2D eigenvalue weighted by Gasteiger charge is 2.19. The SMILES string of the molecule is Cc1ccc2nc3sc(C(=O)Nc4ncc(C)s4)c(N)c3cc2c1. The van der Waals surface area contributed by atoms with Crippen molar-refractivity contribution in [2.24, 2.45) is 0 Å². The molecule has 4 aromatic rings. The molecule has 0 unspecified atom stereocenters. The van der Waals surface area contributed by atoms with Gasteiger partial charge in [0, 0.05) is 21.8 Å². The van der Waals surface area contributed by atoms with E-state index in [1.54, 1.807) is 6.20 Å². The number of carbonyl (C=O) groups excluding carboxylic acids is 1. The van der Waals surface area contributed by atoms with Gasteiger partial charge in [-0.3, -0.25) is 10.1 Å². The predicted molar refractivity (Wildman–Crippen MR) is 101 cm³/mol. The smallest absolute Gasteiger partial charge is 0.269 e. The number of hydrogen-bond acceptors (Lipinski definition) is 6. The number of rotatable bonds is 2. The van der Waals surface area contributed by atoms with Gasteiger partial charge in [0.15, 0.2) is 5.13 Å². The number of thiophene rings is 1. The van der Waals surface area contributed by atoms with Crippen LogP contribution in [0.5, 0.6) is 0 Å². The Balaban J connectivity index is 1.79. The summed E-state index contributed by atoms with van der Waals surface area (Å²) in [4.78, 5) is 23.6. The van der Waals surface area contributed by atoms with Crippen molar-refractivity contribution < 1.29 is 4.79 Å². The van der Waals surface area contributed by atoms with Crippen LogP contribution < -0.4 is 11.1 Å². The number of nitrogens with zero attached hydrogens (tertiary/aromatic N) is 2. The molecule has 0 spiro atoms. The second kappa shape index (κ2) is 5.54. The molecule has 4 rings (SSSR count). The molecular formula is C17H14N4OS2. The second-order valence-corrected chi connectivity index (χ2v) is 7.85. The van der Waals surface area contributed by atoms with E-state index in [-0.39, 0.29) is 5.91 Å². The van der Waals surface area contributed by atoms with Crippen molar-refractivity contribution in [2.45, 2.75) is 13.8 Å². The fourth-order valence-corrected chi connectivity index (χ4v) is 4.20. The van der Waals surface area contributed by atoms with Crippen molar-refractivity contribution in [3.05, 3.63) is 45.8 Å². The number of benzene rings is 1. The number of fused-ring (bicyclic) bond motifs is 2. The Hall–Kier alpha value is -2.51. The van der Waals surface area contributed by atoms with Gasteiger partial charge in [0.2, 0.25) is 0 Å². The zero-order valence-electron chi connectivity index (χ0n) is 13.1. The number of carbonyl (C=O) groups is 1. The van der Waals surface area contributed by atoms with Gasteiger partial charge in [-0.05, 0) is 32.0 Å². The number of nitrogens with two attached hydrogens (primary N) is 1. The molecule has 24 heavy (non-hydrogen) atoms. The molecule has 0 radical (unpaired) electrons. The van der Waals surface area contributed by atoms with Gasteiger partial charge in [0.25, 0.3) is 5.91 Å². The Morgan fingerprint density at radius 3 is 2.79 bits per heavy atom. The fourth-order valence-electron chi connectivity index (χ4n) is 2.56. The van der Waals surface area contributed by atoms with Crippen molar-refractivity contribution in [1.29, 1.82) is 0 Å². The molecule has 3 heterocycles. The minimum absolute atomic E-state index is 0.245. The van der Waals surface area contributed by atoms with Gasteiger partial charge in [-0.25, -0.2) is 9.97 Å². The molecule has 0 aliphatic carbocycles. The minimum atomic E-state index is -0.245. The summed E-state index contributed by atoms with van der Waals surface area (Å²) in [5.41, 5.74) is 8.75. The van der Waals surface area contributed by atoms with Crippen LogP contribution in [0.3, 0.4) is 0 Å². The highest BCUT2D eigenvalue weighted by molar-refractivity contribution is 7.21. The van der Waals surface area contributed by atoms with E-state index in [1.165, 1.54) is 22.7 Å². The van der Waals surface area contributed by atoms with Crippen LogP contribution >= 0.6 is 22.7 Å². The lowest BCUT2D eigenvalue weighted by molar-refractivity contribution is 0.103. The maximum atomic E-state index is 12.5. The zero-order valence-corrected chi connectivity index (χ0v) is 14.7. The fraction of sp³-hybridized carbons (Fsp3) is 0.118. The average molecular weight is 354 g/mol. The van der Waals surface area contributed by atoms with Crippen molar-refractivity contribution in [2.75, 3.05) is 11.1 Å². The number of anilines is 2. The van der Waals surface area contributed by atoms with E-state index in [0.29, 0.717) is 15.7 Å². The molecule has 0 aliphatic rings. The van der Waals surface area contributed by atoms with E-state index in [2.05, 4.69) is 21.4 Å². The topological polar surface area (TPSA) is 80.9 Å². The number of nitrogen functional groups attached to an aromatic ring is 1. The monoisotopic (exact) mass is 354 g/mol. The van der Waals surface area contributed by atoms with Gasteiger partial charge in [0.05, 0.1) is 11.2 Å². The van der Waals surface area contributed by atoms with E-state index in [4.69, 9.17) is 5.73 Å². The minimum Gasteiger partial charge on any atom is -0.397 e. The summed E-state index contributed by atoms with van der Waals surface area (Å²) in [6.07, 6.45) is 1.73. The molecule has 3 N–H and O–H groups in total. The van der Waals surface area contributed by atoms with E-state index in [9.17, 15) is 4.79 Å². The van der Waals surface area contributed by atoms with Crippen molar-refractivity contribution in [1.82, 2.24) is 9.97 Å². The largest absolute Gasteiger partial charge is 0.397 e. The highest BCUT2D eigenvalue weighted by atomic mass is 32.1. The Kier molecular flexibility index (Phi) is 3.47. The Morgan fingerprint density at radius 1 is 1.21 bits per heavy atom. The molecule has 0 bridgehead atoms. The third-order valence-corrected chi connectivity index (χ3v) is 5.66. The van der Waals surface area contributed by atoms with Crippen LogP contribution in [0, 0.1) is 13.8 Å². The normalized spacial score (nSPS) is 11.2. The van der Waals surface area contributed by atoms with Crippen LogP contribution in [0.2, 0.25) is 0 Å². The van der Waals surface area contributed by atoms with Gasteiger partial charge in [0.1, 0.15) is 9.71 Å². The molecule has 7 heteroatoms. The molecule has 3 aromatic heterocycles. The second-order valence-electron chi connectivity index (χ2n) is 5.61. The molecule has 1 aromatic carbocycles. The molecular weight excluding hydrogens is 340 g/mol. The van der Waals surface area contributed by atoms with Gasteiger partial charge >= 0.3 is 0 Å². The first-order chi connectivity index (χ1) is 11.5. The van der Waals surface area contributed by atoms with Gasteiger partial charge in [-0.2, -0.15) is 0 Å². The number of nitrogens with one attached hydrogen (secondary N) is 1. The number of hydrogen-bond donors (Lipinski definition) is 2. The summed E-state index contributed by atoms with van der Waals surface area (Å²) in [5.74, 6) is -0.245. The highest BCUT2D eigenvalue weighted by Crippen LogP contribution is 2.35. The van der Waals surface area contributed by atoms with Crippen LogP contribution in [0.15, 0.2) is 30.5 Å². The average Bonchev–Trinajstić information content (AvgIpc) is 3.09. The Bertz CT molecular complexity index is 1100. The summed E-state index contributed by atoms with van der Waals surface area (Å²) in [7, 11) is 0. The number of pyridine rings is 1. The van der Waals surface area contributed by atoms with Gasteiger partial charge in [-0.1, -0.05) is 11.6 Å². The first-order valence-electron chi connectivity index (χ1n) is 7.34. The van der Waals surface area contributed by atoms with Crippen LogP contribution in [0.4, 0.5) is 10.8 Å². The molecule has 1 amide bonds. The summed E-state index contributed by atoms with van der Waals surface area (Å²) in [5, 5.41) is 5.22. The van der Waals surface area contributed by atoms with Gasteiger partial charge < -0.3 is 5.73 Å². The molecule has 0 saturated carbocycles. The van der Waals surface area contributed by atoms with E-state index < -0.39 is 0 Å². The first kappa shape index (κ1) is 15.0. The van der Waals surface area contributed by atoms with Crippen LogP contribution in [0.1, 0.15) is 20.1 Å². The van der Waals surface area contributed by atoms with Crippen molar-refractivity contribution in [3.8, 4) is 0 Å². The lowest BCUT2D eigenvalue weighted by atomic mass is 10.1. The third-order valence-electron chi connectivity index (χ3n) is 3.72. The summed E-state index contributed by atoms with van der Waals surface area (Å²) in [6, 6.07) is 8.08. The number of thiazole rings is 1. The van der Waals surface area contributed by atoms with Crippen molar-refractivity contribution in [3.63, 3.8) is 0 Å². The number of aryl methyl sites for hydroxylation is 2. The van der Waals surface area contributed by atoms with E-state index >= 15 is 0 Å². The quantitative estimate of drug-likeness (QED) is 0.560. The lowest BCUT2D eigenvalue weighted by Gasteiger charge is -2.00. The molecule has 0 atom stereocenters. The molecule has 0 fully saturated rings. The number of aromatic nitrogens is 2. The molecule has 5 nitrogen and oxygen atoms in total. The maximum absolute atomic E-state index is 12.5. The van der Waals surface area contributed by atoms with E-state index in [0.717, 1.165) is 31.6 Å². The van der Waals surface area contributed by atoms with Crippen LogP contribution in [-0.2, 0) is 0 Å². The predicted octanol–water partition coefficient (Wildman–Crippen LogP) is 4.36. The Morgan fingerprint density at radius 2 is 2.04 bits per heavy atom. The van der Waals surface area contributed by atoms with Crippen molar-refractivity contribution >= 4 is 60.5 Å². The van der Waals surface area contributed by atoms with E-state index in [1.807, 2.05) is 32.0 Å². The lowest BCUT2D eigenvalue weighted by Crippen LogP contribution is -2.11. The third kappa shape index (κ3) is 2.51. The standard InChI is InChI=1S/C17H14N4OS2/c1-8-3-4-12-10(5-8)6-11-13(18)14(24-16(11)20-12)15(22)21-17-19-7-9(2)23-17/h3-7H,18H2,1-2H3,(H,19,21,22). The van der Waals surface area contributed by atoms with Crippen LogP contribution in [-0.4, -0.2) is 15.9 Å².